The van der Waals surface area contributed by atoms with E-state index in [9.17, 15) is 13.2 Å². The minimum absolute atomic E-state index is 0.0605. The van der Waals surface area contributed by atoms with Gasteiger partial charge in [-0.25, -0.2) is 13.4 Å². The highest BCUT2D eigenvalue weighted by molar-refractivity contribution is 7.91. The van der Waals surface area contributed by atoms with Crippen LogP contribution in [0.1, 0.15) is 11.3 Å². The predicted molar refractivity (Wildman–Crippen MR) is 114 cm³/mol. The number of hydrogen-bond donors (Lipinski definition) is 0. The third-order valence-corrected chi connectivity index (χ3v) is 8.67. The van der Waals surface area contributed by atoms with Crippen molar-refractivity contribution < 1.29 is 13.2 Å². The van der Waals surface area contributed by atoms with Crippen molar-refractivity contribution in [2.75, 3.05) is 18.6 Å². The summed E-state index contributed by atoms with van der Waals surface area (Å²) in [5.74, 6) is 0.155. The fraction of sp³-hybridized carbons (Fsp3) is 0.300. The Morgan fingerprint density at radius 1 is 1.21 bits per heavy atom. The number of carbonyl (C=O) groups excluding carboxylic acids is 1. The van der Waals surface area contributed by atoms with Gasteiger partial charge >= 0.3 is 0 Å². The van der Waals surface area contributed by atoms with E-state index in [-0.39, 0.29) is 29.9 Å². The maximum absolute atomic E-state index is 12.9. The summed E-state index contributed by atoms with van der Waals surface area (Å²) in [6.07, 6.45) is 0.741. The van der Waals surface area contributed by atoms with Crippen LogP contribution in [-0.4, -0.2) is 48.8 Å². The molecule has 1 aliphatic heterocycles. The Bertz CT molecular complexity index is 1070. The molecule has 28 heavy (non-hydrogen) atoms. The second-order valence-corrected chi connectivity index (χ2v) is 11.1. The molecule has 0 radical (unpaired) electrons. The molecule has 5 nitrogen and oxygen atoms in total. The average molecular weight is 433 g/mol. The Labute approximate surface area is 172 Å². The largest absolute Gasteiger partial charge is 0.341 e. The summed E-state index contributed by atoms with van der Waals surface area (Å²) in [5, 5.41) is 2.88. The van der Waals surface area contributed by atoms with Crippen LogP contribution in [0.3, 0.4) is 0 Å². The van der Waals surface area contributed by atoms with Gasteiger partial charge in [0.1, 0.15) is 5.01 Å². The summed E-state index contributed by atoms with van der Waals surface area (Å²) in [5.41, 5.74) is 1.87. The molecule has 0 bridgehead atoms. The highest BCUT2D eigenvalue weighted by Crippen LogP contribution is 2.36. The molecule has 4 rings (SSSR count). The number of thiazole rings is 1. The van der Waals surface area contributed by atoms with Crippen LogP contribution >= 0.6 is 22.7 Å². The molecule has 0 N–H and O–H groups in total. The summed E-state index contributed by atoms with van der Waals surface area (Å²) in [6, 6.07) is 13.7. The van der Waals surface area contributed by atoms with Gasteiger partial charge in [0.05, 0.1) is 28.5 Å². The fourth-order valence-electron chi connectivity index (χ4n) is 3.33. The van der Waals surface area contributed by atoms with E-state index in [2.05, 4.69) is 0 Å². The Hall–Kier alpha value is -2.03. The SMILES string of the molecule is CN(C(=O)Cc1sc(-c2ccccc2)nc1-c1cccs1)[C@@H]1CCS(=O)(=O)C1. The lowest BCUT2D eigenvalue weighted by molar-refractivity contribution is -0.130. The smallest absolute Gasteiger partial charge is 0.227 e. The molecule has 3 aromatic rings. The van der Waals surface area contributed by atoms with E-state index in [1.807, 2.05) is 47.8 Å². The zero-order chi connectivity index (χ0) is 19.7. The summed E-state index contributed by atoms with van der Waals surface area (Å²) < 4.78 is 23.5. The van der Waals surface area contributed by atoms with Gasteiger partial charge in [-0.2, -0.15) is 0 Å². The lowest BCUT2D eigenvalue weighted by Crippen LogP contribution is -2.38. The standard InChI is InChI=1S/C20H20N2O3S3/c1-22(15-9-11-28(24,25)13-15)18(23)12-17-19(16-8-5-10-26-16)21-20(27-17)14-6-3-2-4-7-14/h2-8,10,15H,9,11-13H2,1H3/t15-/m1/s1. The number of amides is 1. The lowest BCUT2D eigenvalue weighted by atomic mass is 10.2. The van der Waals surface area contributed by atoms with Crippen LogP contribution in [-0.2, 0) is 21.1 Å². The summed E-state index contributed by atoms with van der Waals surface area (Å²) in [6.45, 7) is 0. The fourth-order valence-corrected chi connectivity index (χ4v) is 6.98. The van der Waals surface area contributed by atoms with Crippen LogP contribution in [0, 0.1) is 0 Å². The lowest BCUT2D eigenvalue weighted by Gasteiger charge is -2.23. The van der Waals surface area contributed by atoms with Gasteiger partial charge in [0.25, 0.3) is 0 Å². The molecule has 0 unspecified atom stereocenters. The summed E-state index contributed by atoms with van der Waals surface area (Å²) in [7, 11) is -1.32. The quantitative estimate of drug-likeness (QED) is 0.616. The first kappa shape index (κ1) is 19.3. The van der Waals surface area contributed by atoms with Crippen molar-refractivity contribution >= 4 is 38.4 Å². The van der Waals surface area contributed by atoms with Crippen LogP contribution in [0.25, 0.3) is 21.1 Å². The van der Waals surface area contributed by atoms with E-state index in [0.29, 0.717) is 6.42 Å². The highest BCUT2D eigenvalue weighted by atomic mass is 32.2. The average Bonchev–Trinajstić information content (AvgIpc) is 3.41. The number of carbonyl (C=O) groups is 1. The molecule has 1 fully saturated rings. The molecule has 0 spiro atoms. The number of aromatic nitrogens is 1. The molecule has 2 aromatic heterocycles. The van der Waals surface area contributed by atoms with Crippen LogP contribution < -0.4 is 0 Å². The van der Waals surface area contributed by atoms with Gasteiger partial charge in [0, 0.05) is 23.5 Å². The molecule has 146 valence electrons. The van der Waals surface area contributed by atoms with Gasteiger partial charge in [-0.05, 0) is 17.9 Å². The number of benzene rings is 1. The monoisotopic (exact) mass is 432 g/mol. The van der Waals surface area contributed by atoms with Gasteiger partial charge in [0.2, 0.25) is 5.91 Å². The highest BCUT2D eigenvalue weighted by Gasteiger charge is 2.33. The molecular formula is C20H20N2O3S3. The number of hydrogen-bond acceptors (Lipinski definition) is 6. The molecule has 3 heterocycles. The predicted octanol–water partition coefficient (Wildman–Crippen LogP) is 3.73. The third kappa shape index (κ3) is 4.04. The Balaban J connectivity index is 1.61. The second-order valence-electron chi connectivity index (χ2n) is 6.87. The summed E-state index contributed by atoms with van der Waals surface area (Å²) >= 11 is 3.13. The van der Waals surface area contributed by atoms with Crippen molar-refractivity contribution in [3.8, 4) is 21.1 Å². The molecule has 0 saturated carbocycles. The zero-order valence-electron chi connectivity index (χ0n) is 15.4. The van der Waals surface area contributed by atoms with Crippen molar-refractivity contribution in [2.24, 2.45) is 0 Å². The van der Waals surface area contributed by atoms with Gasteiger partial charge < -0.3 is 4.90 Å². The van der Waals surface area contributed by atoms with Gasteiger partial charge in [-0.1, -0.05) is 36.4 Å². The number of thiophene rings is 1. The Morgan fingerprint density at radius 2 is 2.00 bits per heavy atom. The van der Waals surface area contributed by atoms with E-state index in [0.717, 1.165) is 26.0 Å². The molecule has 8 heteroatoms. The number of likely N-dealkylation sites (N-methyl/N-ethyl adjacent to an activating group) is 1. The van der Waals surface area contributed by atoms with Gasteiger partial charge in [0.15, 0.2) is 9.84 Å². The van der Waals surface area contributed by atoms with Crippen molar-refractivity contribution in [2.45, 2.75) is 18.9 Å². The first-order chi connectivity index (χ1) is 13.4. The maximum atomic E-state index is 12.9. The van der Waals surface area contributed by atoms with Gasteiger partial charge in [-0.3, -0.25) is 4.79 Å². The minimum Gasteiger partial charge on any atom is -0.341 e. The van der Waals surface area contributed by atoms with E-state index >= 15 is 0 Å². The minimum atomic E-state index is -3.02. The zero-order valence-corrected chi connectivity index (χ0v) is 17.8. The Morgan fingerprint density at radius 3 is 2.64 bits per heavy atom. The molecule has 1 amide bonds. The van der Waals surface area contributed by atoms with Crippen LogP contribution in [0.15, 0.2) is 47.8 Å². The van der Waals surface area contributed by atoms with Crippen molar-refractivity contribution in [3.05, 3.63) is 52.7 Å². The summed E-state index contributed by atoms with van der Waals surface area (Å²) in [4.78, 5) is 21.3. The maximum Gasteiger partial charge on any atom is 0.227 e. The van der Waals surface area contributed by atoms with Crippen LogP contribution in [0.5, 0.6) is 0 Å². The Kier molecular flexibility index (Phi) is 5.35. The molecule has 1 saturated heterocycles. The third-order valence-electron chi connectivity index (χ3n) is 4.93. The van der Waals surface area contributed by atoms with E-state index in [4.69, 9.17) is 4.98 Å². The van der Waals surface area contributed by atoms with Crippen LogP contribution in [0.4, 0.5) is 0 Å². The van der Waals surface area contributed by atoms with Crippen molar-refractivity contribution in [1.29, 1.82) is 0 Å². The first-order valence-electron chi connectivity index (χ1n) is 8.98. The van der Waals surface area contributed by atoms with Gasteiger partial charge in [-0.15, -0.1) is 22.7 Å². The molecule has 0 aliphatic carbocycles. The molecule has 1 atom stereocenters. The molecule has 1 aliphatic rings. The van der Waals surface area contributed by atoms with Crippen molar-refractivity contribution in [1.82, 2.24) is 9.88 Å². The van der Waals surface area contributed by atoms with Crippen LogP contribution in [0.2, 0.25) is 0 Å². The van der Waals surface area contributed by atoms with E-state index in [1.54, 1.807) is 23.3 Å². The first-order valence-corrected chi connectivity index (χ1v) is 12.5. The van der Waals surface area contributed by atoms with E-state index in [1.165, 1.54) is 11.3 Å². The molecule has 1 aromatic carbocycles. The normalized spacial score (nSPS) is 18.2. The second kappa shape index (κ2) is 7.77. The number of nitrogens with zero attached hydrogens (tertiary/aromatic N) is 2. The van der Waals surface area contributed by atoms with E-state index < -0.39 is 9.84 Å². The number of sulfone groups is 1. The van der Waals surface area contributed by atoms with Crippen molar-refractivity contribution in [3.63, 3.8) is 0 Å². The topological polar surface area (TPSA) is 67.3 Å². The number of rotatable bonds is 5. The molecular weight excluding hydrogens is 412 g/mol.